The largest absolute Gasteiger partial charge is 0.472 e. The Balaban J connectivity index is 2.19. The number of carbonyl (C=O) groups is 3. The molecule has 0 aromatic carbocycles. The van der Waals surface area contributed by atoms with E-state index < -0.39 is 11.2 Å². The van der Waals surface area contributed by atoms with E-state index in [2.05, 4.69) is 13.8 Å². The highest BCUT2D eigenvalue weighted by molar-refractivity contribution is 6.36. The van der Waals surface area contributed by atoms with Crippen LogP contribution in [0.3, 0.4) is 0 Å². The molecule has 2 rings (SSSR count). The van der Waals surface area contributed by atoms with E-state index in [4.69, 9.17) is 4.42 Å². The molecule has 1 heterocycles. The number of carbonyl (C=O) groups excluding carboxylic acids is 3. The summed E-state index contributed by atoms with van der Waals surface area (Å²) in [5, 5.41) is 0. The van der Waals surface area contributed by atoms with Crippen LogP contribution in [0.1, 0.15) is 65.4 Å². The van der Waals surface area contributed by atoms with Crippen LogP contribution in [0.5, 0.6) is 0 Å². The summed E-state index contributed by atoms with van der Waals surface area (Å²) in [7, 11) is 0. The van der Waals surface area contributed by atoms with Crippen molar-refractivity contribution in [3.63, 3.8) is 0 Å². The normalized spacial score (nSPS) is 26.1. The zero-order valence-electron chi connectivity index (χ0n) is 15.2. The second-order valence-electron chi connectivity index (χ2n) is 8.05. The number of hydrogen-bond acceptors (Lipinski definition) is 4. The molecule has 132 valence electrons. The van der Waals surface area contributed by atoms with Crippen molar-refractivity contribution in [1.29, 1.82) is 0 Å². The fourth-order valence-electron chi connectivity index (χ4n) is 4.26. The van der Waals surface area contributed by atoms with Crippen LogP contribution < -0.4 is 0 Å². The summed E-state index contributed by atoms with van der Waals surface area (Å²) >= 11 is 0. The van der Waals surface area contributed by atoms with Gasteiger partial charge < -0.3 is 4.42 Å². The summed E-state index contributed by atoms with van der Waals surface area (Å²) in [5.74, 6) is -0.668. The highest BCUT2D eigenvalue weighted by Crippen LogP contribution is 2.53. The molecule has 1 saturated carbocycles. The smallest absolute Gasteiger partial charge is 0.198 e. The molecular weight excluding hydrogens is 304 g/mol. The van der Waals surface area contributed by atoms with E-state index >= 15 is 0 Å². The Morgan fingerprint density at radius 2 is 1.92 bits per heavy atom. The van der Waals surface area contributed by atoms with Crippen molar-refractivity contribution in [2.24, 2.45) is 16.7 Å². The average molecular weight is 332 g/mol. The van der Waals surface area contributed by atoms with Crippen molar-refractivity contribution in [1.82, 2.24) is 0 Å². The molecule has 0 amide bonds. The minimum absolute atomic E-state index is 0.0907. The Labute approximate surface area is 144 Å². The van der Waals surface area contributed by atoms with E-state index in [1.54, 1.807) is 12.5 Å². The minimum atomic E-state index is -0.545. The van der Waals surface area contributed by atoms with Crippen LogP contribution in [0.15, 0.2) is 23.0 Å². The molecule has 4 heteroatoms. The van der Waals surface area contributed by atoms with Crippen molar-refractivity contribution in [3.8, 4) is 0 Å². The van der Waals surface area contributed by atoms with Gasteiger partial charge in [0.25, 0.3) is 0 Å². The van der Waals surface area contributed by atoms with Crippen LogP contribution >= 0.6 is 0 Å². The molecule has 0 spiro atoms. The highest BCUT2D eigenvalue weighted by atomic mass is 16.3. The maximum absolute atomic E-state index is 13.0. The summed E-state index contributed by atoms with van der Waals surface area (Å²) < 4.78 is 5.06. The lowest BCUT2D eigenvalue weighted by Crippen LogP contribution is -2.48. The van der Waals surface area contributed by atoms with Crippen molar-refractivity contribution in [2.75, 3.05) is 0 Å². The van der Waals surface area contributed by atoms with E-state index in [1.165, 1.54) is 6.92 Å². The predicted molar refractivity (Wildman–Crippen MR) is 91.6 cm³/mol. The molecular formula is C20H28O4. The fourth-order valence-corrected chi connectivity index (χ4v) is 4.26. The van der Waals surface area contributed by atoms with Gasteiger partial charge in [-0.3, -0.25) is 14.4 Å². The molecule has 1 aliphatic carbocycles. The van der Waals surface area contributed by atoms with Gasteiger partial charge in [0, 0.05) is 25.2 Å². The first-order chi connectivity index (χ1) is 11.2. The van der Waals surface area contributed by atoms with Gasteiger partial charge in [-0.05, 0) is 42.2 Å². The number of aryl methyl sites for hydroxylation is 1. The lowest BCUT2D eigenvalue weighted by Gasteiger charge is -2.50. The second-order valence-corrected chi connectivity index (χ2v) is 8.05. The fraction of sp³-hybridized carbons (Fsp3) is 0.650. The molecule has 24 heavy (non-hydrogen) atoms. The lowest BCUT2D eigenvalue weighted by atomic mass is 9.53. The maximum Gasteiger partial charge on any atom is 0.198 e. The molecule has 0 bridgehead atoms. The van der Waals surface area contributed by atoms with E-state index in [-0.39, 0.29) is 29.3 Å². The summed E-state index contributed by atoms with van der Waals surface area (Å²) in [4.78, 5) is 36.6. The first kappa shape index (κ1) is 18.6. The second kappa shape index (κ2) is 7.04. The summed E-state index contributed by atoms with van der Waals surface area (Å²) in [6, 6.07) is 1.87. The van der Waals surface area contributed by atoms with E-state index in [1.807, 2.05) is 13.0 Å². The predicted octanol–water partition coefficient (Wildman–Crippen LogP) is 4.16. The van der Waals surface area contributed by atoms with Crippen LogP contribution in [-0.2, 0) is 20.8 Å². The van der Waals surface area contributed by atoms with E-state index in [0.29, 0.717) is 12.8 Å². The zero-order chi connectivity index (χ0) is 18.0. The van der Waals surface area contributed by atoms with E-state index in [9.17, 15) is 14.4 Å². The summed E-state index contributed by atoms with van der Waals surface area (Å²) in [6.07, 6.45) is 7.29. The monoisotopic (exact) mass is 332 g/mol. The number of ketones is 3. The van der Waals surface area contributed by atoms with Crippen LogP contribution in [0.2, 0.25) is 0 Å². The average Bonchev–Trinajstić information content (AvgIpc) is 3.01. The first-order valence-corrected chi connectivity index (χ1v) is 8.75. The van der Waals surface area contributed by atoms with E-state index in [0.717, 1.165) is 24.8 Å². The standard InChI is InChI=1S/C20H28O4/c1-14(21)16(22)12-17-19(2,3)9-5-10-20(17,4)18(23)7-6-15-8-11-24-13-15/h8,11,13,17H,5-7,9-10,12H2,1-4H3. The van der Waals surface area contributed by atoms with Crippen molar-refractivity contribution < 1.29 is 18.8 Å². The van der Waals surface area contributed by atoms with Gasteiger partial charge in [0.15, 0.2) is 11.6 Å². The van der Waals surface area contributed by atoms with Crippen molar-refractivity contribution in [3.05, 3.63) is 24.2 Å². The molecule has 1 aromatic heterocycles. The highest BCUT2D eigenvalue weighted by Gasteiger charge is 2.50. The first-order valence-electron chi connectivity index (χ1n) is 8.75. The van der Waals surface area contributed by atoms with Crippen molar-refractivity contribution in [2.45, 2.75) is 66.2 Å². The van der Waals surface area contributed by atoms with Gasteiger partial charge in [0.2, 0.25) is 0 Å². The van der Waals surface area contributed by atoms with Crippen LogP contribution in [-0.4, -0.2) is 17.3 Å². The number of Topliss-reactive ketones (excluding diaryl/α,β-unsaturated/α-hetero) is 3. The van der Waals surface area contributed by atoms with Gasteiger partial charge in [-0.25, -0.2) is 0 Å². The molecule has 1 aromatic rings. The number of hydrogen-bond donors (Lipinski definition) is 0. The Kier molecular flexibility index (Phi) is 5.46. The quantitative estimate of drug-likeness (QED) is 0.703. The van der Waals surface area contributed by atoms with Gasteiger partial charge in [-0.15, -0.1) is 0 Å². The number of furan rings is 1. The third kappa shape index (κ3) is 3.85. The summed E-state index contributed by atoms with van der Waals surface area (Å²) in [6.45, 7) is 7.54. The van der Waals surface area contributed by atoms with Gasteiger partial charge in [-0.1, -0.05) is 27.2 Å². The Morgan fingerprint density at radius 3 is 2.50 bits per heavy atom. The zero-order valence-corrected chi connectivity index (χ0v) is 15.2. The van der Waals surface area contributed by atoms with Gasteiger partial charge in [-0.2, -0.15) is 0 Å². The molecule has 0 N–H and O–H groups in total. The molecule has 1 fully saturated rings. The molecule has 0 saturated heterocycles. The molecule has 0 radical (unpaired) electrons. The Hall–Kier alpha value is -1.71. The molecule has 1 aliphatic rings. The van der Waals surface area contributed by atoms with Crippen LogP contribution in [0.4, 0.5) is 0 Å². The molecule has 0 aliphatic heterocycles. The van der Waals surface area contributed by atoms with Crippen molar-refractivity contribution >= 4 is 17.3 Å². The van der Waals surface area contributed by atoms with Crippen LogP contribution in [0, 0.1) is 16.7 Å². The maximum atomic E-state index is 13.0. The lowest BCUT2D eigenvalue weighted by molar-refractivity contribution is -0.144. The Morgan fingerprint density at radius 1 is 1.21 bits per heavy atom. The number of rotatable bonds is 7. The Bertz CT molecular complexity index is 612. The molecule has 4 nitrogen and oxygen atoms in total. The topological polar surface area (TPSA) is 64.3 Å². The van der Waals surface area contributed by atoms with Crippen LogP contribution in [0.25, 0.3) is 0 Å². The SMILES string of the molecule is CC(=O)C(=O)CC1C(C)(C)CCCC1(C)C(=O)CCc1ccoc1. The third-order valence-corrected chi connectivity index (χ3v) is 5.87. The summed E-state index contributed by atoms with van der Waals surface area (Å²) in [5.41, 5.74) is 0.346. The minimum Gasteiger partial charge on any atom is -0.472 e. The van der Waals surface area contributed by atoms with Gasteiger partial charge in [0.05, 0.1) is 12.5 Å². The molecule has 2 unspecified atom stereocenters. The van der Waals surface area contributed by atoms with Gasteiger partial charge in [0.1, 0.15) is 5.78 Å². The molecule has 2 atom stereocenters. The van der Waals surface area contributed by atoms with Gasteiger partial charge >= 0.3 is 0 Å². The third-order valence-electron chi connectivity index (χ3n) is 5.87.